The molecule has 0 spiro atoms. The Hall–Kier alpha value is -2.07. The third-order valence-electron chi connectivity index (χ3n) is 2.80. The summed E-state index contributed by atoms with van der Waals surface area (Å²) < 4.78 is 25.5. The molecule has 2 rings (SSSR count). The molecule has 1 aromatic carbocycles. The van der Waals surface area contributed by atoms with Crippen molar-refractivity contribution >= 4 is 33.4 Å². The number of aromatic nitrogens is 3. The van der Waals surface area contributed by atoms with Crippen LogP contribution in [0.4, 0.5) is 5.69 Å². The van der Waals surface area contributed by atoms with Crippen LogP contribution >= 0.6 is 11.8 Å². The molecule has 0 saturated carbocycles. The molecule has 8 nitrogen and oxygen atoms in total. The fraction of sp³-hybridized carbons (Fsp3) is 0.308. The Balaban J connectivity index is 1.86. The third kappa shape index (κ3) is 5.57. The summed E-state index contributed by atoms with van der Waals surface area (Å²) in [6.45, 7) is 2.00. The molecule has 124 valence electrons. The maximum Gasteiger partial charge on any atom is 0.251 e. The van der Waals surface area contributed by atoms with E-state index >= 15 is 0 Å². The van der Waals surface area contributed by atoms with E-state index < -0.39 is 10.0 Å². The van der Waals surface area contributed by atoms with Gasteiger partial charge in [-0.25, -0.2) is 13.4 Å². The number of sulfonamides is 1. The van der Waals surface area contributed by atoms with E-state index in [-0.39, 0.29) is 11.7 Å². The summed E-state index contributed by atoms with van der Waals surface area (Å²) >= 11 is 1.44. The standard InChI is InChI=1S/C13H17N5O3S2/c1-2-23(20,21)18-11-5-3-4-10(8-11)12(19)14-6-7-22-13-15-9-16-17-13/h3-5,8-9,18H,2,6-7H2,1H3,(H,14,19)(H,15,16,17). The highest BCUT2D eigenvalue weighted by Gasteiger charge is 2.10. The quantitative estimate of drug-likeness (QED) is 0.482. The minimum absolute atomic E-state index is 0.0255. The summed E-state index contributed by atoms with van der Waals surface area (Å²) in [5.74, 6) is 0.353. The zero-order valence-corrected chi connectivity index (χ0v) is 14.1. The van der Waals surface area contributed by atoms with Crippen molar-refractivity contribution in [3.05, 3.63) is 36.2 Å². The van der Waals surface area contributed by atoms with Crippen LogP contribution in [0.15, 0.2) is 35.7 Å². The molecule has 0 aliphatic heterocycles. The normalized spacial score (nSPS) is 11.2. The second-order valence-corrected chi connectivity index (χ2v) is 7.58. The van der Waals surface area contributed by atoms with E-state index in [1.165, 1.54) is 24.2 Å². The van der Waals surface area contributed by atoms with Gasteiger partial charge in [-0.3, -0.25) is 14.6 Å². The number of carbonyl (C=O) groups excluding carboxylic acids is 1. The molecule has 0 saturated heterocycles. The average Bonchev–Trinajstić information content (AvgIpc) is 3.04. The van der Waals surface area contributed by atoms with Gasteiger partial charge in [0.2, 0.25) is 10.0 Å². The molecule has 1 heterocycles. The lowest BCUT2D eigenvalue weighted by Gasteiger charge is -2.08. The zero-order chi connectivity index (χ0) is 16.7. The summed E-state index contributed by atoms with van der Waals surface area (Å²) in [4.78, 5) is 16.0. The molecular formula is C13H17N5O3S2. The van der Waals surface area contributed by atoms with Crippen molar-refractivity contribution in [3.8, 4) is 0 Å². The maximum atomic E-state index is 12.1. The zero-order valence-electron chi connectivity index (χ0n) is 12.4. The number of carbonyl (C=O) groups is 1. The van der Waals surface area contributed by atoms with E-state index in [1.54, 1.807) is 25.1 Å². The van der Waals surface area contributed by atoms with Crippen LogP contribution < -0.4 is 10.0 Å². The van der Waals surface area contributed by atoms with Gasteiger partial charge in [0.05, 0.1) is 5.75 Å². The van der Waals surface area contributed by atoms with Gasteiger partial charge in [0.25, 0.3) is 5.91 Å². The second-order valence-electron chi connectivity index (χ2n) is 4.48. The Morgan fingerprint density at radius 2 is 2.22 bits per heavy atom. The molecule has 1 amide bonds. The number of nitrogens with zero attached hydrogens (tertiary/aromatic N) is 2. The number of nitrogens with one attached hydrogen (secondary N) is 3. The number of thioether (sulfide) groups is 1. The summed E-state index contributed by atoms with van der Waals surface area (Å²) in [6.07, 6.45) is 1.42. The van der Waals surface area contributed by atoms with E-state index in [0.717, 1.165) is 0 Å². The molecule has 0 atom stereocenters. The molecule has 0 fully saturated rings. The fourth-order valence-electron chi connectivity index (χ4n) is 1.65. The number of hydrogen-bond donors (Lipinski definition) is 3. The van der Waals surface area contributed by atoms with Crippen molar-refractivity contribution in [2.45, 2.75) is 12.1 Å². The van der Waals surface area contributed by atoms with Gasteiger partial charge in [0.15, 0.2) is 5.16 Å². The van der Waals surface area contributed by atoms with Crippen LogP contribution in [0.2, 0.25) is 0 Å². The third-order valence-corrected chi connectivity index (χ3v) is 4.98. The molecule has 3 N–H and O–H groups in total. The number of H-pyrrole nitrogens is 1. The smallest absolute Gasteiger partial charge is 0.251 e. The second kappa shape index (κ2) is 7.97. The Kier molecular flexibility index (Phi) is 5.99. The van der Waals surface area contributed by atoms with E-state index in [9.17, 15) is 13.2 Å². The number of rotatable bonds is 8. The first kappa shape index (κ1) is 17.3. The monoisotopic (exact) mass is 355 g/mol. The van der Waals surface area contributed by atoms with Crippen LogP contribution in [0.1, 0.15) is 17.3 Å². The molecule has 2 aromatic rings. The Bertz CT molecular complexity index is 747. The van der Waals surface area contributed by atoms with Gasteiger partial charge >= 0.3 is 0 Å². The molecular weight excluding hydrogens is 338 g/mol. The molecule has 23 heavy (non-hydrogen) atoms. The van der Waals surface area contributed by atoms with Crippen LogP contribution in [0.5, 0.6) is 0 Å². The highest BCUT2D eigenvalue weighted by atomic mass is 32.2. The van der Waals surface area contributed by atoms with Crippen molar-refractivity contribution in [2.24, 2.45) is 0 Å². The Morgan fingerprint density at radius 1 is 1.39 bits per heavy atom. The van der Waals surface area contributed by atoms with Crippen LogP contribution in [-0.2, 0) is 10.0 Å². The predicted molar refractivity (Wildman–Crippen MR) is 89.0 cm³/mol. The van der Waals surface area contributed by atoms with E-state index in [1.807, 2.05) is 0 Å². The largest absolute Gasteiger partial charge is 0.351 e. The first-order chi connectivity index (χ1) is 11.0. The van der Waals surface area contributed by atoms with Gasteiger partial charge in [-0.2, -0.15) is 5.10 Å². The predicted octanol–water partition coefficient (Wildman–Crippen LogP) is 1.09. The molecule has 0 bridgehead atoms. The lowest BCUT2D eigenvalue weighted by molar-refractivity contribution is 0.0956. The first-order valence-electron chi connectivity index (χ1n) is 6.87. The Labute approximate surface area is 138 Å². The number of amides is 1. The van der Waals surface area contributed by atoms with Crippen LogP contribution in [0, 0.1) is 0 Å². The van der Waals surface area contributed by atoms with Crippen molar-refractivity contribution in [1.82, 2.24) is 20.5 Å². The van der Waals surface area contributed by atoms with Gasteiger partial charge < -0.3 is 5.32 Å². The lowest BCUT2D eigenvalue weighted by Crippen LogP contribution is -2.26. The van der Waals surface area contributed by atoms with Crippen molar-refractivity contribution in [2.75, 3.05) is 22.8 Å². The molecule has 10 heteroatoms. The molecule has 1 aromatic heterocycles. The number of anilines is 1. The van der Waals surface area contributed by atoms with Crippen molar-refractivity contribution < 1.29 is 13.2 Å². The SMILES string of the molecule is CCS(=O)(=O)Nc1cccc(C(=O)NCCSc2ncn[nH]2)c1. The van der Waals surface area contributed by atoms with Crippen LogP contribution in [0.25, 0.3) is 0 Å². The van der Waals surface area contributed by atoms with E-state index in [4.69, 9.17) is 0 Å². The average molecular weight is 355 g/mol. The summed E-state index contributed by atoms with van der Waals surface area (Å²) in [5, 5.41) is 9.90. The highest BCUT2D eigenvalue weighted by Crippen LogP contribution is 2.13. The van der Waals surface area contributed by atoms with Crippen LogP contribution in [0.3, 0.4) is 0 Å². The van der Waals surface area contributed by atoms with Crippen molar-refractivity contribution in [3.63, 3.8) is 0 Å². The van der Waals surface area contributed by atoms with Gasteiger partial charge in [-0.1, -0.05) is 17.8 Å². The first-order valence-corrected chi connectivity index (χ1v) is 9.51. The highest BCUT2D eigenvalue weighted by molar-refractivity contribution is 7.99. The fourth-order valence-corrected chi connectivity index (χ4v) is 2.92. The van der Waals surface area contributed by atoms with E-state index in [2.05, 4.69) is 25.2 Å². The number of hydrogen-bond acceptors (Lipinski definition) is 6. The van der Waals surface area contributed by atoms with Gasteiger partial charge in [-0.05, 0) is 25.1 Å². The lowest BCUT2D eigenvalue weighted by atomic mass is 10.2. The van der Waals surface area contributed by atoms with Gasteiger partial charge in [0, 0.05) is 23.5 Å². The topological polar surface area (TPSA) is 117 Å². The molecule has 0 radical (unpaired) electrons. The van der Waals surface area contributed by atoms with Crippen LogP contribution in [-0.4, -0.2) is 47.6 Å². The number of aromatic amines is 1. The molecule has 0 aliphatic carbocycles. The molecule has 0 aliphatic rings. The van der Waals surface area contributed by atoms with Gasteiger partial charge in [0.1, 0.15) is 6.33 Å². The summed E-state index contributed by atoms with van der Waals surface area (Å²) in [6, 6.07) is 6.37. The Morgan fingerprint density at radius 3 is 2.91 bits per heavy atom. The van der Waals surface area contributed by atoms with Gasteiger partial charge in [-0.15, -0.1) is 0 Å². The van der Waals surface area contributed by atoms with E-state index in [0.29, 0.717) is 28.7 Å². The summed E-state index contributed by atoms with van der Waals surface area (Å²) in [7, 11) is -3.36. The summed E-state index contributed by atoms with van der Waals surface area (Å²) in [5.41, 5.74) is 0.765. The maximum absolute atomic E-state index is 12.1. The minimum atomic E-state index is -3.36. The minimum Gasteiger partial charge on any atom is -0.351 e. The molecule has 0 unspecified atom stereocenters. The number of benzene rings is 1. The van der Waals surface area contributed by atoms with Crippen molar-refractivity contribution in [1.29, 1.82) is 0 Å².